The second kappa shape index (κ2) is 5.92. The van der Waals surface area contributed by atoms with Gasteiger partial charge in [-0.2, -0.15) is 16.9 Å². The maximum atomic E-state index is 12.6. The van der Waals surface area contributed by atoms with Gasteiger partial charge in [-0.15, -0.1) is 0 Å². The number of nitrogens with zero attached hydrogens (tertiary/aromatic N) is 2. The molecule has 0 unspecified atom stereocenters. The van der Waals surface area contributed by atoms with Crippen LogP contribution in [0.3, 0.4) is 0 Å². The summed E-state index contributed by atoms with van der Waals surface area (Å²) < 4.78 is 7.06. The first-order valence-corrected chi connectivity index (χ1v) is 8.70. The molecule has 0 radical (unpaired) electrons. The fourth-order valence-electron chi connectivity index (χ4n) is 2.55. The largest absolute Gasteiger partial charge is 0.497 e. The van der Waals surface area contributed by atoms with E-state index in [1.807, 2.05) is 16.4 Å². The molecule has 0 spiro atoms. The van der Waals surface area contributed by atoms with Crippen LogP contribution in [0.5, 0.6) is 5.75 Å². The Morgan fingerprint density at radius 2 is 1.96 bits per heavy atom. The SMILES string of the molecule is COc1ccc(C(=O)Nc2c3c(nn2C(C)(C)C)CSC3)cc1. The Bertz CT molecular complexity index is 730. The van der Waals surface area contributed by atoms with Crippen LogP contribution in [-0.2, 0) is 17.0 Å². The number of hydrogen-bond donors (Lipinski definition) is 1. The van der Waals surface area contributed by atoms with Crippen molar-refractivity contribution < 1.29 is 9.53 Å². The Kier molecular flexibility index (Phi) is 4.10. The normalized spacial score (nSPS) is 13.7. The van der Waals surface area contributed by atoms with E-state index in [-0.39, 0.29) is 11.4 Å². The number of benzene rings is 1. The van der Waals surface area contributed by atoms with E-state index < -0.39 is 0 Å². The van der Waals surface area contributed by atoms with Gasteiger partial charge in [0.05, 0.1) is 18.3 Å². The molecule has 1 N–H and O–H groups in total. The minimum absolute atomic E-state index is 0.127. The van der Waals surface area contributed by atoms with Crippen molar-refractivity contribution in [3.63, 3.8) is 0 Å². The van der Waals surface area contributed by atoms with Gasteiger partial charge in [0.2, 0.25) is 0 Å². The molecule has 0 bridgehead atoms. The molecule has 0 saturated carbocycles. The van der Waals surface area contributed by atoms with Gasteiger partial charge in [0.1, 0.15) is 11.6 Å². The summed E-state index contributed by atoms with van der Waals surface area (Å²) in [4.78, 5) is 12.6. The minimum atomic E-state index is -0.183. The number of rotatable bonds is 3. The Balaban J connectivity index is 1.91. The van der Waals surface area contributed by atoms with Gasteiger partial charge in [-0.3, -0.25) is 4.79 Å². The molecule has 0 fully saturated rings. The molecule has 23 heavy (non-hydrogen) atoms. The van der Waals surface area contributed by atoms with Crippen LogP contribution in [0.4, 0.5) is 5.82 Å². The Morgan fingerprint density at radius 3 is 2.57 bits per heavy atom. The molecule has 3 rings (SSSR count). The predicted octanol–water partition coefficient (Wildman–Crippen LogP) is 3.65. The number of ether oxygens (including phenoxy) is 1. The first kappa shape index (κ1) is 15.9. The van der Waals surface area contributed by atoms with E-state index in [4.69, 9.17) is 9.84 Å². The Morgan fingerprint density at radius 1 is 1.26 bits per heavy atom. The lowest BCUT2D eigenvalue weighted by atomic mass is 10.1. The van der Waals surface area contributed by atoms with Crippen molar-refractivity contribution in [1.82, 2.24) is 9.78 Å². The number of thioether (sulfide) groups is 1. The van der Waals surface area contributed by atoms with Crippen LogP contribution in [0.15, 0.2) is 24.3 Å². The highest BCUT2D eigenvalue weighted by atomic mass is 32.2. The van der Waals surface area contributed by atoms with E-state index in [9.17, 15) is 4.79 Å². The minimum Gasteiger partial charge on any atom is -0.497 e. The quantitative estimate of drug-likeness (QED) is 0.933. The van der Waals surface area contributed by atoms with E-state index in [0.29, 0.717) is 5.56 Å². The molecule has 1 aromatic heterocycles. The third-order valence-corrected chi connectivity index (χ3v) is 4.74. The maximum Gasteiger partial charge on any atom is 0.256 e. The smallest absolute Gasteiger partial charge is 0.256 e. The molecule has 6 heteroatoms. The van der Waals surface area contributed by atoms with Gasteiger partial charge in [0, 0.05) is 22.6 Å². The number of methoxy groups -OCH3 is 1. The van der Waals surface area contributed by atoms with Gasteiger partial charge in [-0.1, -0.05) is 0 Å². The van der Waals surface area contributed by atoms with Crippen LogP contribution in [0.25, 0.3) is 0 Å². The molecular weight excluding hydrogens is 310 g/mol. The van der Waals surface area contributed by atoms with Crippen LogP contribution < -0.4 is 10.1 Å². The summed E-state index contributed by atoms with van der Waals surface area (Å²) in [7, 11) is 1.61. The lowest BCUT2D eigenvalue weighted by Gasteiger charge is -2.23. The van der Waals surface area contributed by atoms with Gasteiger partial charge >= 0.3 is 0 Å². The predicted molar refractivity (Wildman–Crippen MR) is 93.2 cm³/mol. The lowest BCUT2D eigenvalue weighted by molar-refractivity contribution is 0.102. The van der Waals surface area contributed by atoms with Crippen LogP contribution in [0.1, 0.15) is 42.4 Å². The lowest BCUT2D eigenvalue weighted by Crippen LogP contribution is -2.27. The zero-order valence-corrected chi connectivity index (χ0v) is 14.7. The molecule has 1 aliphatic heterocycles. The van der Waals surface area contributed by atoms with Crippen molar-refractivity contribution in [1.29, 1.82) is 0 Å². The van der Waals surface area contributed by atoms with Crippen molar-refractivity contribution in [2.24, 2.45) is 0 Å². The van der Waals surface area contributed by atoms with E-state index in [1.54, 1.807) is 31.4 Å². The molecule has 1 aliphatic rings. The average Bonchev–Trinajstić information content (AvgIpc) is 3.09. The zero-order chi connectivity index (χ0) is 16.6. The summed E-state index contributed by atoms with van der Waals surface area (Å²) in [5.41, 5.74) is 2.64. The summed E-state index contributed by atoms with van der Waals surface area (Å²) in [6, 6.07) is 7.11. The Labute approximate surface area is 140 Å². The monoisotopic (exact) mass is 331 g/mol. The number of carbonyl (C=O) groups is 1. The van der Waals surface area contributed by atoms with E-state index in [1.165, 1.54) is 0 Å². The fraction of sp³-hybridized carbons (Fsp3) is 0.412. The Hall–Kier alpha value is -1.95. The number of hydrogen-bond acceptors (Lipinski definition) is 4. The van der Waals surface area contributed by atoms with Crippen LogP contribution >= 0.6 is 11.8 Å². The topological polar surface area (TPSA) is 56.1 Å². The summed E-state index contributed by atoms with van der Waals surface area (Å²) in [5.74, 6) is 3.22. The highest BCUT2D eigenvalue weighted by Crippen LogP contribution is 2.37. The molecule has 0 saturated heterocycles. The number of nitrogens with one attached hydrogen (secondary N) is 1. The fourth-order valence-corrected chi connectivity index (χ4v) is 3.58. The molecule has 0 aliphatic carbocycles. The third kappa shape index (κ3) is 3.08. The number of aromatic nitrogens is 2. The van der Waals surface area contributed by atoms with Gasteiger partial charge in [0.25, 0.3) is 5.91 Å². The zero-order valence-electron chi connectivity index (χ0n) is 13.8. The number of anilines is 1. The summed E-state index contributed by atoms with van der Waals surface area (Å²) >= 11 is 1.83. The number of carbonyl (C=O) groups excluding carboxylic acids is 1. The van der Waals surface area contributed by atoms with E-state index in [0.717, 1.165) is 34.3 Å². The summed E-state index contributed by atoms with van der Waals surface area (Å²) in [6.07, 6.45) is 0. The van der Waals surface area contributed by atoms with E-state index >= 15 is 0 Å². The van der Waals surface area contributed by atoms with Crippen LogP contribution in [0, 0.1) is 0 Å². The van der Waals surface area contributed by atoms with Gasteiger partial charge in [-0.05, 0) is 45.0 Å². The summed E-state index contributed by atoms with van der Waals surface area (Å²) in [5, 5.41) is 7.76. The van der Waals surface area contributed by atoms with Crippen molar-refractivity contribution in [2.45, 2.75) is 37.8 Å². The standard InChI is InChI=1S/C17H21N3O2S/c1-17(2,3)20-15(13-9-23-10-14(13)19-20)18-16(21)11-5-7-12(22-4)8-6-11/h5-8H,9-10H2,1-4H3,(H,18,21). The molecule has 1 amide bonds. The first-order valence-electron chi connectivity index (χ1n) is 7.54. The van der Waals surface area contributed by atoms with Crippen molar-refractivity contribution >= 4 is 23.5 Å². The molecule has 0 atom stereocenters. The highest BCUT2D eigenvalue weighted by Gasteiger charge is 2.28. The van der Waals surface area contributed by atoms with Crippen LogP contribution in [0.2, 0.25) is 0 Å². The average molecular weight is 331 g/mol. The van der Waals surface area contributed by atoms with Crippen molar-refractivity contribution in [3.8, 4) is 5.75 Å². The van der Waals surface area contributed by atoms with Crippen molar-refractivity contribution in [2.75, 3.05) is 12.4 Å². The third-order valence-electron chi connectivity index (χ3n) is 3.77. The van der Waals surface area contributed by atoms with Gasteiger partial charge in [-0.25, -0.2) is 4.68 Å². The molecule has 1 aromatic carbocycles. The number of amides is 1. The molecule has 2 heterocycles. The first-order chi connectivity index (χ1) is 10.9. The molecule has 5 nitrogen and oxygen atoms in total. The van der Waals surface area contributed by atoms with Gasteiger partial charge < -0.3 is 10.1 Å². The molecular formula is C17H21N3O2S. The van der Waals surface area contributed by atoms with Crippen LogP contribution in [-0.4, -0.2) is 22.8 Å². The van der Waals surface area contributed by atoms with E-state index in [2.05, 4.69) is 26.1 Å². The second-order valence-electron chi connectivity index (χ2n) is 6.53. The molecule has 2 aromatic rings. The molecule has 122 valence electrons. The van der Waals surface area contributed by atoms with Crippen molar-refractivity contribution in [3.05, 3.63) is 41.1 Å². The maximum absolute atomic E-state index is 12.6. The number of fused-ring (bicyclic) bond motifs is 1. The van der Waals surface area contributed by atoms with Gasteiger partial charge in [0.15, 0.2) is 0 Å². The highest BCUT2D eigenvalue weighted by molar-refractivity contribution is 7.98. The second-order valence-corrected chi connectivity index (χ2v) is 7.52. The summed E-state index contributed by atoms with van der Waals surface area (Å²) in [6.45, 7) is 6.27.